The van der Waals surface area contributed by atoms with E-state index in [0.717, 1.165) is 18.2 Å². The first kappa shape index (κ1) is 22.7. The number of rotatable bonds is 6. The van der Waals surface area contributed by atoms with Crippen LogP contribution < -0.4 is 4.74 Å². The zero-order valence-corrected chi connectivity index (χ0v) is 17.4. The highest BCUT2D eigenvalue weighted by molar-refractivity contribution is 5.95. The third-order valence-corrected chi connectivity index (χ3v) is 5.52. The van der Waals surface area contributed by atoms with Gasteiger partial charge in [0.25, 0.3) is 5.91 Å². The van der Waals surface area contributed by atoms with Crippen LogP contribution >= 0.6 is 0 Å². The Kier molecular flexibility index (Phi) is 6.87. The van der Waals surface area contributed by atoms with E-state index < -0.39 is 34.7 Å². The van der Waals surface area contributed by atoms with Crippen LogP contribution in [-0.2, 0) is 16.0 Å². The van der Waals surface area contributed by atoms with Crippen LogP contribution in [0, 0.1) is 22.9 Å². The second-order valence-electron chi connectivity index (χ2n) is 7.59. The molecule has 0 aromatic heterocycles. The topological polar surface area (TPSA) is 55.8 Å². The first-order chi connectivity index (χ1) is 14.8. The third kappa shape index (κ3) is 4.84. The molecule has 0 N–H and O–H groups in total. The molecule has 0 saturated carbocycles. The van der Waals surface area contributed by atoms with Crippen LogP contribution in [0.1, 0.15) is 35.7 Å². The summed E-state index contributed by atoms with van der Waals surface area (Å²) in [5, 5.41) is 0. The SMILES string of the molecule is CCOC(=O)[C@]1(Cc2ccc(F)cc2F)CCCN(C(=O)c2ccc(OC)c(F)c2)C1. The van der Waals surface area contributed by atoms with Crippen LogP contribution in [0.4, 0.5) is 13.2 Å². The molecular formula is C23H24F3NO4. The van der Waals surface area contributed by atoms with Gasteiger partial charge in [0.1, 0.15) is 11.6 Å². The van der Waals surface area contributed by atoms with Gasteiger partial charge in [-0.15, -0.1) is 0 Å². The number of benzene rings is 2. The fourth-order valence-corrected chi connectivity index (χ4v) is 3.98. The van der Waals surface area contributed by atoms with E-state index in [2.05, 4.69) is 0 Å². The number of hydrogen-bond acceptors (Lipinski definition) is 4. The van der Waals surface area contributed by atoms with Crippen molar-refractivity contribution in [1.82, 2.24) is 4.90 Å². The number of carbonyl (C=O) groups excluding carboxylic acids is 2. The predicted octanol–water partition coefficient (Wildman–Crippen LogP) is 4.14. The van der Waals surface area contributed by atoms with Crippen molar-refractivity contribution in [1.29, 1.82) is 0 Å². The molecule has 0 radical (unpaired) electrons. The van der Waals surface area contributed by atoms with Crippen molar-refractivity contribution in [2.75, 3.05) is 26.8 Å². The summed E-state index contributed by atoms with van der Waals surface area (Å²) in [6.45, 7) is 2.13. The fraction of sp³-hybridized carbons (Fsp3) is 0.391. The summed E-state index contributed by atoms with van der Waals surface area (Å²) >= 11 is 0. The standard InChI is InChI=1S/C23H24F3NO4/c1-3-31-22(29)23(13-16-5-7-17(24)12-18(16)25)9-4-10-27(14-23)21(28)15-6-8-20(30-2)19(26)11-15/h5-8,11-12H,3-4,9-10,13-14H2,1-2H3/t23-/m0/s1. The zero-order valence-electron chi connectivity index (χ0n) is 17.4. The highest BCUT2D eigenvalue weighted by Gasteiger charge is 2.45. The Labute approximate surface area is 178 Å². The van der Waals surface area contributed by atoms with E-state index in [-0.39, 0.29) is 36.4 Å². The van der Waals surface area contributed by atoms with Gasteiger partial charge < -0.3 is 14.4 Å². The van der Waals surface area contributed by atoms with E-state index in [0.29, 0.717) is 19.4 Å². The summed E-state index contributed by atoms with van der Waals surface area (Å²) in [5.74, 6) is -3.12. The molecule has 1 heterocycles. The summed E-state index contributed by atoms with van der Waals surface area (Å²) in [5.41, 5.74) is -0.904. The molecule has 0 bridgehead atoms. The predicted molar refractivity (Wildman–Crippen MR) is 107 cm³/mol. The lowest BCUT2D eigenvalue weighted by Gasteiger charge is -2.41. The summed E-state index contributed by atoms with van der Waals surface area (Å²) in [7, 11) is 1.33. The van der Waals surface area contributed by atoms with Crippen molar-refractivity contribution in [3.63, 3.8) is 0 Å². The number of methoxy groups -OCH3 is 1. The van der Waals surface area contributed by atoms with E-state index in [1.807, 2.05) is 0 Å². The Hall–Kier alpha value is -3.03. The van der Waals surface area contributed by atoms with Gasteiger partial charge in [0.2, 0.25) is 0 Å². The maximum Gasteiger partial charge on any atom is 0.314 e. The van der Waals surface area contributed by atoms with Crippen molar-refractivity contribution in [2.24, 2.45) is 5.41 Å². The van der Waals surface area contributed by atoms with Gasteiger partial charge in [-0.3, -0.25) is 9.59 Å². The Morgan fingerprint density at radius 1 is 1.10 bits per heavy atom. The van der Waals surface area contributed by atoms with Crippen molar-refractivity contribution >= 4 is 11.9 Å². The summed E-state index contributed by atoms with van der Waals surface area (Å²) < 4.78 is 51.9. The minimum atomic E-state index is -1.19. The molecular weight excluding hydrogens is 411 g/mol. The minimum absolute atomic E-state index is 0.0165. The molecule has 1 amide bonds. The number of amides is 1. The van der Waals surface area contributed by atoms with Gasteiger partial charge in [-0.2, -0.15) is 0 Å². The average molecular weight is 435 g/mol. The summed E-state index contributed by atoms with van der Waals surface area (Å²) in [4.78, 5) is 27.4. The molecule has 3 rings (SSSR count). The van der Waals surface area contributed by atoms with Gasteiger partial charge in [0.15, 0.2) is 11.6 Å². The molecule has 166 valence electrons. The number of nitrogens with zero attached hydrogens (tertiary/aromatic N) is 1. The molecule has 1 aliphatic heterocycles. The van der Waals surface area contributed by atoms with E-state index in [1.54, 1.807) is 6.92 Å². The van der Waals surface area contributed by atoms with Crippen LogP contribution in [0.25, 0.3) is 0 Å². The van der Waals surface area contributed by atoms with Gasteiger partial charge >= 0.3 is 5.97 Å². The van der Waals surface area contributed by atoms with Gasteiger partial charge in [0, 0.05) is 24.7 Å². The maximum atomic E-state index is 14.3. The van der Waals surface area contributed by atoms with Crippen molar-refractivity contribution < 1.29 is 32.2 Å². The highest BCUT2D eigenvalue weighted by atomic mass is 19.1. The zero-order chi connectivity index (χ0) is 22.6. The second-order valence-corrected chi connectivity index (χ2v) is 7.59. The molecule has 5 nitrogen and oxygen atoms in total. The second kappa shape index (κ2) is 9.41. The molecule has 1 atom stereocenters. The van der Waals surface area contributed by atoms with Crippen LogP contribution in [0.5, 0.6) is 5.75 Å². The van der Waals surface area contributed by atoms with Crippen LogP contribution in [0.2, 0.25) is 0 Å². The lowest BCUT2D eigenvalue weighted by atomic mass is 9.74. The average Bonchev–Trinajstić information content (AvgIpc) is 2.75. The van der Waals surface area contributed by atoms with Crippen molar-refractivity contribution in [3.8, 4) is 5.75 Å². The Bertz CT molecular complexity index is 981. The van der Waals surface area contributed by atoms with E-state index in [4.69, 9.17) is 9.47 Å². The lowest BCUT2D eigenvalue weighted by Crippen LogP contribution is -2.51. The quantitative estimate of drug-likeness (QED) is 0.640. The molecule has 0 spiro atoms. The molecule has 2 aromatic rings. The van der Waals surface area contributed by atoms with E-state index in [9.17, 15) is 22.8 Å². The number of halogens is 3. The van der Waals surface area contributed by atoms with Crippen LogP contribution in [0.3, 0.4) is 0 Å². The molecule has 0 unspecified atom stereocenters. The normalized spacial score (nSPS) is 18.5. The lowest BCUT2D eigenvalue weighted by molar-refractivity contribution is -0.158. The molecule has 0 aliphatic carbocycles. The number of piperidine rings is 1. The number of hydrogen-bond donors (Lipinski definition) is 0. The molecule has 31 heavy (non-hydrogen) atoms. The van der Waals surface area contributed by atoms with Crippen LogP contribution in [0.15, 0.2) is 36.4 Å². The van der Waals surface area contributed by atoms with Crippen molar-refractivity contribution in [3.05, 3.63) is 65.0 Å². The number of carbonyl (C=O) groups is 2. The fourth-order valence-electron chi connectivity index (χ4n) is 3.98. The summed E-state index contributed by atoms with van der Waals surface area (Å²) in [6.07, 6.45) is 0.814. The molecule has 8 heteroatoms. The smallest absolute Gasteiger partial charge is 0.314 e. The molecule has 1 fully saturated rings. The number of esters is 1. The third-order valence-electron chi connectivity index (χ3n) is 5.52. The molecule has 2 aromatic carbocycles. The van der Waals surface area contributed by atoms with Crippen molar-refractivity contribution in [2.45, 2.75) is 26.2 Å². The minimum Gasteiger partial charge on any atom is -0.494 e. The number of ether oxygens (including phenoxy) is 2. The van der Waals surface area contributed by atoms with Crippen LogP contribution in [-0.4, -0.2) is 43.6 Å². The Morgan fingerprint density at radius 2 is 1.87 bits per heavy atom. The van der Waals surface area contributed by atoms with Gasteiger partial charge in [0.05, 0.1) is 19.1 Å². The first-order valence-corrected chi connectivity index (χ1v) is 10.0. The van der Waals surface area contributed by atoms with E-state index >= 15 is 0 Å². The Balaban J connectivity index is 1.90. The van der Waals surface area contributed by atoms with Gasteiger partial charge in [-0.25, -0.2) is 13.2 Å². The maximum absolute atomic E-state index is 14.3. The van der Waals surface area contributed by atoms with E-state index in [1.165, 1.54) is 30.2 Å². The summed E-state index contributed by atoms with van der Waals surface area (Å²) in [6, 6.07) is 7.08. The molecule has 1 aliphatic rings. The highest BCUT2D eigenvalue weighted by Crippen LogP contribution is 2.37. The van der Waals surface area contributed by atoms with Gasteiger partial charge in [-0.05, 0) is 56.0 Å². The first-order valence-electron chi connectivity index (χ1n) is 10.0. The Morgan fingerprint density at radius 3 is 2.52 bits per heavy atom. The largest absolute Gasteiger partial charge is 0.494 e. The van der Waals surface area contributed by atoms with Gasteiger partial charge in [-0.1, -0.05) is 6.07 Å². The molecule has 1 saturated heterocycles. The number of likely N-dealkylation sites (tertiary alicyclic amines) is 1. The monoisotopic (exact) mass is 435 g/mol.